The van der Waals surface area contributed by atoms with Gasteiger partial charge in [-0.3, -0.25) is 0 Å². The maximum absolute atomic E-state index is 11.7. The molecule has 0 aliphatic carbocycles. The topological polar surface area (TPSA) is 66.2 Å². The van der Waals surface area contributed by atoms with Crippen LogP contribution >= 0.6 is 27.3 Å². The minimum atomic E-state index is -0.479. The van der Waals surface area contributed by atoms with Crippen LogP contribution in [-0.2, 0) is 22.4 Å². The van der Waals surface area contributed by atoms with E-state index in [9.17, 15) is 4.79 Å². The fourth-order valence-corrected chi connectivity index (χ4v) is 3.19. The van der Waals surface area contributed by atoms with Gasteiger partial charge in [-0.05, 0) is 27.4 Å². The SMILES string of the molecule is COCCc1c(C(=O)OC)nnn1Cc1sccc1Br. The summed E-state index contributed by atoms with van der Waals surface area (Å²) in [5.41, 5.74) is 0.969. The fraction of sp³-hybridized carbons (Fsp3) is 0.417. The molecule has 2 aromatic heterocycles. The molecule has 0 fully saturated rings. The molecule has 0 unspecified atom stereocenters. The van der Waals surface area contributed by atoms with E-state index in [1.54, 1.807) is 23.1 Å². The van der Waals surface area contributed by atoms with Gasteiger partial charge in [-0.1, -0.05) is 5.21 Å². The Morgan fingerprint density at radius 1 is 1.50 bits per heavy atom. The molecule has 2 rings (SSSR count). The summed E-state index contributed by atoms with van der Waals surface area (Å²) < 4.78 is 12.5. The summed E-state index contributed by atoms with van der Waals surface area (Å²) in [6.45, 7) is 1.05. The lowest BCUT2D eigenvalue weighted by molar-refractivity contribution is 0.0592. The van der Waals surface area contributed by atoms with Crippen LogP contribution in [0.2, 0.25) is 0 Å². The Morgan fingerprint density at radius 2 is 2.30 bits per heavy atom. The molecule has 0 aliphatic heterocycles. The molecule has 2 heterocycles. The highest BCUT2D eigenvalue weighted by molar-refractivity contribution is 9.10. The van der Waals surface area contributed by atoms with E-state index < -0.39 is 5.97 Å². The highest BCUT2D eigenvalue weighted by Gasteiger charge is 2.20. The van der Waals surface area contributed by atoms with Gasteiger partial charge in [0, 0.05) is 22.9 Å². The van der Waals surface area contributed by atoms with Crippen molar-refractivity contribution in [1.82, 2.24) is 15.0 Å². The second-order valence-corrected chi connectivity index (χ2v) is 5.82. The third kappa shape index (κ3) is 3.25. The molecule has 6 nitrogen and oxygen atoms in total. The van der Waals surface area contributed by atoms with Gasteiger partial charge in [-0.2, -0.15) is 0 Å². The van der Waals surface area contributed by atoms with Gasteiger partial charge in [0.05, 0.1) is 26.0 Å². The molecule has 0 aliphatic rings. The third-order valence-corrected chi connectivity index (χ3v) is 4.65. The monoisotopic (exact) mass is 359 g/mol. The van der Waals surface area contributed by atoms with Crippen molar-refractivity contribution in [2.75, 3.05) is 20.8 Å². The minimum Gasteiger partial charge on any atom is -0.464 e. The lowest BCUT2D eigenvalue weighted by Crippen LogP contribution is -2.12. The molecule has 2 aromatic rings. The molecule has 0 aromatic carbocycles. The van der Waals surface area contributed by atoms with Crippen LogP contribution < -0.4 is 0 Å². The third-order valence-electron chi connectivity index (χ3n) is 2.74. The van der Waals surface area contributed by atoms with Crippen molar-refractivity contribution in [3.63, 3.8) is 0 Å². The number of methoxy groups -OCH3 is 2. The molecular weight excluding hydrogens is 346 g/mol. The summed E-state index contributed by atoms with van der Waals surface area (Å²) in [5.74, 6) is -0.479. The number of ether oxygens (including phenoxy) is 2. The van der Waals surface area contributed by atoms with Crippen LogP contribution in [0.15, 0.2) is 15.9 Å². The molecule has 0 bridgehead atoms. The number of hydrogen-bond acceptors (Lipinski definition) is 6. The van der Waals surface area contributed by atoms with E-state index in [1.165, 1.54) is 7.11 Å². The summed E-state index contributed by atoms with van der Waals surface area (Å²) in [4.78, 5) is 12.8. The lowest BCUT2D eigenvalue weighted by atomic mass is 10.2. The molecule has 0 saturated carbocycles. The summed E-state index contributed by atoms with van der Waals surface area (Å²) in [7, 11) is 2.94. The van der Waals surface area contributed by atoms with Gasteiger partial charge in [-0.25, -0.2) is 9.48 Å². The van der Waals surface area contributed by atoms with Crippen molar-refractivity contribution in [3.8, 4) is 0 Å². The number of esters is 1. The first-order chi connectivity index (χ1) is 9.67. The van der Waals surface area contributed by atoms with E-state index in [1.807, 2.05) is 11.4 Å². The number of rotatable bonds is 6. The average Bonchev–Trinajstić information content (AvgIpc) is 3.03. The van der Waals surface area contributed by atoms with Crippen molar-refractivity contribution in [3.05, 3.63) is 32.2 Å². The highest BCUT2D eigenvalue weighted by atomic mass is 79.9. The summed E-state index contributed by atoms with van der Waals surface area (Å²) >= 11 is 5.10. The van der Waals surface area contributed by atoms with E-state index in [2.05, 4.69) is 26.2 Å². The molecule has 0 saturated heterocycles. The maximum Gasteiger partial charge on any atom is 0.360 e. The van der Waals surface area contributed by atoms with Gasteiger partial charge in [-0.15, -0.1) is 16.4 Å². The molecule has 20 heavy (non-hydrogen) atoms. The van der Waals surface area contributed by atoms with Crippen molar-refractivity contribution in [1.29, 1.82) is 0 Å². The van der Waals surface area contributed by atoms with Gasteiger partial charge in [0.25, 0.3) is 0 Å². The van der Waals surface area contributed by atoms with Crippen LogP contribution in [0.3, 0.4) is 0 Å². The van der Waals surface area contributed by atoms with Crippen molar-refractivity contribution in [2.24, 2.45) is 0 Å². The highest BCUT2D eigenvalue weighted by Crippen LogP contribution is 2.24. The Kier molecular flexibility index (Phi) is 5.27. The van der Waals surface area contributed by atoms with E-state index in [-0.39, 0.29) is 5.69 Å². The van der Waals surface area contributed by atoms with E-state index >= 15 is 0 Å². The van der Waals surface area contributed by atoms with Crippen molar-refractivity contribution in [2.45, 2.75) is 13.0 Å². The first-order valence-corrected chi connectivity index (χ1v) is 7.56. The number of hydrogen-bond donors (Lipinski definition) is 0. The van der Waals surface area contributed by atoms with Gasteiger partial charge in [0.15, 0.2) is 5.69 Å². The van der Waals surface area contributed by atoms with Gasteiger partial charge in [0.2, 0.25) is 0 Å². The molecule has 0 N–H and O–H groups in total. The maximum atomic E-state index is 11.7. The van der Waals surface area contributed by atoms with Gasteiger partial charge in [0.1, 0.15) is 0 Å². The minimum absolute atomic E-state index is 0.247. The van der Waals surface area contributed by atoms with Crippen molar-refractivity contribution >= 4 is 33.2 Å². The van der Waals surface area contributed by atoms with Gasteiger partial charge >= 0.3 is 5.97 Å². The van der Waals surface area contributed by atoms with Gasteiger partial charge < -0.3 is 9.47 Å². The van der Waals surface area contributed by atoms with Crippen LogP contribution in [0.5, 0.6) is 0 Å². The molecule has 0 radical (unpaired) electrons. The van der Waals surface area contributed by atoms with E-state index in [0.29, 0.717) is 19.6 Å². The normalized spacial score (nSPS) is 10.8. The Bertz CT molecular complexity index is 597. The first-order valence-electron chi connectivity index (χ1n) is 5.88. The predicted octanol–water partition coefficient (Wildman–Crippen LogP) is 2.13. The Balaban J connectivity index is 2.29. The van der Waals surface area contributed by atoms with Crippen LogP contribution in [0.1, 0.15) is 21.1 Å². The Labute approximate surface area is 128 Å². The molecule has 8 heteroatoms. The standard InChI is InChI=1S/C12H14BrN3O3S/c1-18-5-3-9-11(12(17)19-2)14-15-16(9)7-10-8(13)4-6-20-10/h4,6H,3,5,7H2,1-2H3. The zero-order chi connectivity index (χ0) is 14.5. The second-order valence-electron chi connectivity index (χ2n) is 3.97. The number of halogens is 1. The smallest absolute Gasteiger partial charge is 0.360 e. The second kappa shape index (κ2) is 6.96. The zero-order valence-corrected chi connectivity index (χ0v) is 13.5. The summed E-state index contributed by atoms with van der Waals surface area (Å²) in [5, 5.41) is 9.96. The van der Waals surface area contributed by atoms with E-state index in [0.717, 1.165) is 15.0 Å². The number of nitrogens with zero attached hydrogens (tertiary/aromatic N) is 3. The Hall–Kier alpha value is -1.25. The van der Waals surface area contributed by atoms with Crippen LogP contribution in [-0.4, -0.2) is 41.8 Å². The fourth-order valence-electron chi connectivity index (χ4n) is 1.74. The predicted molar refractivity (Wildman–Crippen MR) is 78.1 cm³/mol. The molecule has 0 atom stereocenters. The van der Waals surface area contributed by atoms with Crippen LogP contribution in [0.25, 0.3) is 0 Å². The van der Waals surface area contributed by atoms with E-state index in [4.69, 9.17) is 9.47 Å². The van der Waals surface area contributed by atoms with Crippen LogP contribution in [0, 0.1) is 0 Å². The number of thiophene rings is 1. The first kappa shape index (κ1) is 15.1. The molecule has 108 valence electrons. The zero-order valence-electron chi connectivity index (χ0n) is 11.1. The summed E-state index contributed by atoms with van der Waals surface area (Å²) in [6, 6.07) is 1.98. The average molecular weight is 360 g/mol. The lowest BCUT2D eigenvalue weighted by Gasteiger charge is -2.06. The largest absolute Gasteiger partial charge is 0.464 e. The van der Waals surface area contributed by atoms with Crippen molar-refractivity contribution < 1.29 is 14.3 Å². The quantitative estimate of drug-likeness (QED) is 0.739. The Morgan fingerprint density at radius 3 is 2.90 bits per heavy atom. The number of aromatic nitrogens is 3. The number of carbonyl (C=O) groups is 1. The molecule has 0 amide bonds. The molecular formula is C12H14BrN3O3S. The summed E-state index contributed by atoms with van der Waals surface area (Å²) in [6.07, 6.45) is 0.553. The molecule has 0 spiro atoms. The number of carbonyl (C=O) groups excluding carboxylic acids is 1. The van der Waals surface area contributed by atoms with Crippen LogP contribution in [0.4, 0.5) is 0 Å².